The second kappa shape index (κ2) is 8.93. The highest BCUT2D eigenvalue weighted by Gasteiger charge is 2.27. The molecule has 0 saturated heterocycles. The van der Waals surface area contributed by atoms with Crippen LogP contribution in [0.4, 0.5) is 4.39 Å². The molecule has 0 aliphatic carbocycles. The number of rotatable bonds is 5. The Kier molecular flexibility index (Phi) is 5.68. The zero-order valence-corrected chi connectivity index (χ0v) is 18.2. The average Bonchev–Trinajstić information content (AvgIpc) is 3.14. The minimum Gasteiger partial charge on any atom is -0.489 e. The van der Waals surface area contributed by atoms with Gasteiger partial charge in [-0.1, -0.05) is 72.3 Å². The van der Waals surface area contributed by atoms with E-state index in [2.05, 4.69) is 0 Å². The maximum Gasteiger partial charge on any atom is 0.231 e. The van der Waals surface area contributed by atoms with E-state index in [1.807, 2.05) is 54.6 Å². The molecule has 0 spiro atoms. The molecule has 4 aromatic rings. The van der Waals surface area contributed by atoms with E-state index in [1.165, 1.54) is 6.07 Å². The molecule has 0 aromatic heterocycles. The standard InChI is InChI=1S/C28H18ClFO3/c29-24-7-4-8-25(30)23(24)17-32-21-13-14-22-26(16-21)33-27(28(22)31)15-18-9-11-20(12-10-18)19-5-2-1-3-6-19/h1-16H,17H2/b27-15+. The summed E-state index contributed by atoms with van der Waals surface area (Å²) in [5.74, 6) is 0.477. The summed E-state index contributed by atoms with van der Waals surface area (Å²) < 4.78 is 25.5. The molecule has 5 rings (SSSR count). The second-order valence-corrected chi connectivity index (χ2v) is 7.98. The maximum atomic E-state index is 14.0. The average molecular weight is 457 g/mol. The second-order valence-electron chi connectivity index (χ2n) is 7.57. The number of ketones is 1. The first kappa shape index (κ1) is 21.0. The van der Waals surface area contributed by atoms with Crippen molar-refractivity contribution in [2.75, 3.05) is 0 Å². The third kappa shape index (κ3) is 4.38. The third-order valence-corrected chi connectivity index (χ3v) is 5.76. The highest BCUT2D eigenvalue weighted by molar-refractivity contribution is 6.31. The van der Waals surface area contributed by atoms with Crippen LogP contribution in [0.2, 0.25) is 5.02 Å². The summed E-state index contributed by atoms with van der Waals surface area (Å²) in [5, 5.41) is 0.297. The van der Waals surface area contributed by atoms with Crippen LogP contribution in [0.3, 0.4) is 0 Å². The third-order valence-electron chi connectivity index (χ3n) is 5.40. The summed E-state index contributed by atoms with van der Waals surface area (Å²) in [7, 11) is 0. The van der Waals surface area contributed by atoms with Gasteiger partial charge in [-0.25, -0.2) is 4.39 Å². The topological polar surface area (TPSA) is 35.5 Å². The number of hydrogen-bond donors (Lipinski definition) is 0. The van der Waals surface area contributed by atoms with Gasteiger partial charge in [-0.05, 0) is 47.0 Å². The minimum absolute atomic E-state index is 0.0330. The van der Waals surface area contributed by atoms with Gasteiger partial charge < -0.3 is 9.47 Å². The molecule has 0 saturated carbocycles. The molecule has 0 amide bonds. The van der Waals surface area contributed by atoms with Crippen molar-refractivity contribution in [3.63, 3.8) is 0 Å². The normalized spacial score (nSPS) is 13.6. The molecule has 4 aromatic carbocycles. The van der Waals surface area contributed by atoms with E-state index >= 15 is 0 Å². The van der Waals surface area contributed by atoms with Gasteiger partial charge in [0.1, 0.15) is 23.9 Å². The van der Waals surface area contributed by atoms with Gasteiger partial charge in [-0.2, -0.15) is 0 Å². The molecule has 0 N–H and O–H groups in total. The van der Waals surface area contributed by atoms with Gasteiger partial charge >= 0.3 is 0 Å². The van der Waals surface area contributed by atoms with E-state index in [0.717, 1.165) is 16.7 Å². The number of Topliss-reactive ketones (excluding diaryl/α,β-unsaturated/α-hetero) is 1. The number of allylic oxidation sites excluding steroid dienone is 1. The lowest BCUT2D eigenvalue weighted by Crippen LogP contribution is -1.99. The Morgan fingerprint density at radius 3 is 2.39 bits per heavy atom. The monoisotopic (exact) mass is 456 g/mol. The largest absolute Gasteiger partial charge is 0.489 e. The SMILES string of the molecule is O=C1/C(=C\c2ccc(-c3ccccc3)cc2)Oc2cc(OCc3c(F)cccc3Cl)ccc21. The lowest BCUT2D eigenvalue weighted by Gasteiger charge is -2.09. The van der Waals surface area contributed by atoms with Crippen LogP contribution < -0.4 is 9.47 Å². The summed E-state index contributed by atoms with van der Waals surface area (Å²) in [5.41, 5.74) is 3.81. The smallest absolute Gasteiger partial charge is 0.231 e. The van der Waals surface area contributed by atoms with Crippen LogP contribution >= 0.6 is 11.6 Å². The minimum atomic E-state index is -0.432. The van der Waals surface area contributed by atoms with Crippen molar-refractivity contribution >= 4 is 23.5 Å². The fraction of sp³-hybridized carbons (Fsp3) is 0.0357. The van der Waals surface area contributed by atoms with Crippen LogP contribution in [0, 0.1) is 5.82 Å². The first-order valence-electron chi connectivity index (χ1n) is 10.4. The highest BCUT2D eigenvalue weighted by Crippen LogP contribution is 2.35. The van der Waals surface area contributed by atoms with E-state index < -0.39 is 5.82 Å². The van der Waals surface area contributed by atoms with Crippen LogP contribution in [-0.2, 0) is 6.61 Å². The Morgan fingerprint density at radius 1 is 0.879 bits per heavy atom. The zero-order valence-electron chi connectivity index (χ0n) is 17.4. The van der Waals surface area contributed by atoms with E-state index in [4.69, 9.17) is 21.1 Å². The van der Waals surface area contributed by atoms with Crippen LogP contribution in [0.1, 0.15) is 21.5 Å². The van der Waals surface area contributed by atoms with Crippen molar-refractivity contribution in [3.05, 3.63) is 124 Å². The predicted octanol–water partition coefficient (Wildman–Crippen LogP) is 7.34. The summed E-state index contributed by atoms with van der Waals surface area (Å²) in [4.78, 5) is 12.8. The quantitative estimate of drug-likeness (QED) is 0.295. The Balaban J connectivity index is 1.32. The highest BCUT2D eigenvalue weighted by atomic mass is 35.5. The van der Waals surface area contributed by atoms with Gasteiger partial charge in [0.25, 0.3) is 0 Å². The van der Waals surface area contributed by atoms with E-state index in [1.54, 1.807) is 36.4 Å². The first-order chi connectivity index (χ1) is 16.1. The number of fused-ring (bicyclic) bond motifs is 1. The van der Waals surface area contributed by atoms with Crippen molar-refractivity contribution in [1.29, 1.82) is 0 Å². The predicted molar refractivity (Wildman–Crippen MR) is 127 cm³/mol. The molecule has 5 heteroatoms. The molecular weight excluding hydrogens is 439 g/mol. The summed E-state index contributed by atoms with van der Waals surface area (Å²) in [6.45, 7) is -0.0330. The Labute approximate surface area is 195 Å². The number of halogens is 2. The Morgan fingerprint density at radius 2 is 1.64 bits per heavy atom. The lowest BCUT2D eigenvalue weighted by molar-refractivity contribution is 0.101. The Bertz CT molecular complexity index is 1340. The summed E-state index contributed by atoms with van der Waals surface area (Å²) >= 11 is 6.05. The van der Waals surface area contributed by atoms with Crippen LogP contribution in [-0.4, -0.2) is 5.78 Å². The number of hydrogen-bond acceptors (Lipinski definition) is 3. The molecule has 0 radical (unpaired) electrons. The molecule has 1 heterocycles. The fourth-order valence-electron chi connectivity index (χ4n) is 3.64. The number of benzene rings is 4. The van der Waals surface area contributed by atoms with Gasteiger partial charge in [0.2, 0.25) is 5.78 Å². The van der Waals surface area contributed by atoms with Gasteiger partial charge in [0.15, 0.2) is 5.76 Å². The van der Waals surface area contributed by atoms with E-state index in [9.17, 15) is 9.18 Å². The van der Waals surface area contributed by atoms with Gasteiger partial charge in [0, 0.05) is 11.6 Å². The molecule has 0 unspecified atom stereocenters. The van der Waals surface area contributed by atoms with Gasteiger partial charge in [0.05, 0.1) is 10.6 Å². The molecule has 0 fully saturated rings. The van der Waals surface area contributed by atoms with E-state index in [-0.39, 0.29) is 23.7 Å². The Hall–Kier alpha value is -3.89. The first-order valence-corrected chi connectivity index (χ1v) is 10.8. The molecule has 0 atom stereocenters. The van der Waals surface area contributed by atoms with Crippen molar-refractivity contribution in [2.24, 2.45) is 0 Å². The van der Waals surface area contributed by atoms with Gasteiger partial charge in [-0.15, -0.1) is 0 Å². The fourth-order valence-corrected chi connectivity index (χ4v) is 3.85. The van der Waals surface area contributed by atoms with Crippen LogP contribution in [0.15, 0.2) is 96.8 Å². The number of carbonyl (C=O) groups is 1. The molecule has 1 aliphatic rings. The summed E-state index contributed by atoms with van der Waals surface area (Å²) in [6, 6.07) is 27.4. The zero-order chi connectivity index (χ0) is 22.8. The van der Waals surface area contributed by atoms with Crippen molar-refractivity contribution in [2.45, 2.75) is 6.61 Å². The van der Waals surface area contributed by atoms with Crippen molar-refractivity contribution in [1.82, 2.24) is 0 Å². The molecule has 3 nitrogen and oxygen atoms in total. The molecular formula is C28H18ClFO3. The van der Waals surface area contributed by atoms with Crippen molar-refractivity contribution in [3.8, 4) is 22.6 Å². The maximum absolute atomic E-state index is 14.0. The van der Waals surface area contributed by atoms with Crippen LogP contribution in [0.5, 0.6) is 11.5 Å². The number of ether oxygens (including phenoxy) is 2. The van der Waals surface area contributed by atoms with E-state index in [0.29, 0.717) is 22.1 Å². The van der Waals surface area contributed by atoms with Crippen molar-refractivity contribution < 1.29 is 18.7 Å². The molecule has 0 bridgehead atoms. The molecule has 33 heavy (non-hydrogen) atoms. The molecule has 162 valence electrons. The lowest BCUT2D eigenvalue weighted by atomic mass is 10.0. The molecule has 1 aliphatic heterocycles. The summed E-state index contributed by atoms with van der Waals surface area (Å²) in [6.07, 6.45) is 1.72. The number of carbonyl (C=O) groups excluding carboxylic acids is 1. The van der Waals surface area contributed by atoms with Gasteiger partial charge in [-0.3, -0.25) is 4.79 Å². The van der Waals surface area contributed by atoms with Crippen LogP contribution in [0.25, 0.3) is 17.2 Å².